The number of nitriles is 2. The summed E-state index contributed by atoms with van der Waals surface area (Å²) in [4.78, 5) is 16.1. The fourth-order valence-corrected chi connectivity index (χ4v) is 5.27. The van der Waals surface area contributed by atoms with Gasteiger partial charge in [-0.1, -0.05) is 78.9 Å². The molecule has 2 aliphatic rings. The van der Waals surface area contributed by atoms with E-state index in [9.17, 15) is 15.3 Å². The summed E-state index contributed by atoms with van der Waals surface area (Å²) in [7, 11) is 1.56. The Kier molecular flexibility index (Phi) is 4.96. The van der Waals surface area contributed by atoms with Gasteiger partial charge in [-0.15, -0.1) is 0 Å². The smallest absolute Gasteiger partial charge is 0.185 e. The van der Waals surface area contributed by atoms with Gasteiger partial charge in [-0.05, 0) is 17.7 Å². The summed E-state index contributed by atoms with van der Waals surface area (Å²) in [5.74, 6) is -0.300. The summed E-state index contributed by atoms with van der Waals surface area (Å²) in [6.45, 7) is 0. The van der Waals surface area contributed by atoms with Crippen LogP contribution in [0.5, 0.6) is 5.75 Å². The second kappa shape index (κ2) is 7.97. The molecule has 33 heavy (non-hydrogen) atoms. The number of benzene rings is 3. The van der Waals surface area contributed by atoms with Crippen LogP contribution in [-0.2, 0) is 0 Å². The van der Waals surface area contributed by atoms with Crippen molar-refractivity contribution < 1.29 is 9.53 Å². The maximum Gasteiger partial charge on any atom is 0.185 e. The molecule has 0 aromatic heterocycles. The van der Waals surface area contributed by atoms with Gasteiger partial charge in [0.05, 0.1) is 25.3 Å². The number of nitrogens with zero attached hydrogens (tertiary/aromatic N) is 3. The minimum Gasteiger partial charge on any atom is -0.496 e. The van der Waals surface area contributed by atoms with E-state index in [-0.39, 0.29) is 5.78 Å². The molecule has 2 heterocycles. The van der Waals surface area contributed by atoms with Crippen molar-refractivity contribution in [2.75, 3.05) is 12.0 Å². The predicted octanol–water partition coefficient (Wildman–Crippen LogP) is 4.98. The first-order chi connectivity index (χ1) is 16.2. The fourth-order valence-electron chi connectivity index (χ4n) is 5.27. The molecule has 0 radical (unpaired) electrons. The molecule has 2 aliphatic heterocycles. The maximum atomic E-state index is 14.1. The topological polar surface area (TPSA) is 77.1 Å². The van der Waals surface area contributed by atoms with E-state index in [0.717, 1.165) is 11.3 Å². The number of carbonyl (C=O) groups is 1. The van der Waals surface area contributed by atoms with Gasteiger partial charge in [0.2, 0.25) is 0 Å². The highest BCUT2D eigenvalue weighted by Crippen LogP contribution is 2.56. The van der Waals surface area contributed by atoms with Crippen molar-refractivity contribution in [3.05, 3.63) is 102 Å². The summed E-state index contributed by atoms with van der Waals surface area (Å²) in [5, 5.41) is 21.0. The summed E-state index contributed by atoms with van der Waals surface area (Å²) in [6.07, 6.45) is 3.82. The Morgan fingerprint density at radius 1 is 0.939 bits per heavy atom. The standard InChI is InChI=1S/C28H21N3O2/c1-33-23-14-8-6-12-21(23)25-26(27(32)20-10-3-2-4-11-20)31-22-13-7-5-9-19(22)15-16-24(31)28(25,17-29)18-30/h2-16,24-26H,1H3/t24-,25+,26-/m1/s1. The van der Waals surface area contributed by atoms with Crippen LogP contribution >= 0.6 is 0 Å². The number of Topliss-reactive ketones (excluding diaryl/α,β-unsaturated/α-hetero) is 1. The van der Waals surface area contributed by atoms with Gasteiger partial charge in [0.25, 0.3) is 0 Å². The lowest BCUT2D eigenvalue weighted by molar-refractivity contribution is 0.0950. The molecule has 3 aromatic rings. The van der Waals surface area contributed by atoms with Crippen LogP contribution in [0.1, 0.15) is 27.4 Å². The normalized spacial score (nSPS) is 21.9. The number of para-hydroxylation sites is 2. The van der Waals surface area contributed by atoms with Crippen LogP contribution in [-0.4, -0.2) is 25.0 Å². The fraction of sp³-hybridized carbons (Fsp3) is 0.179. The number of methoxy groups -OCH3 is 1. The lowest BCUT2D eigenvalue weighted by atomic mass is 9.69. The van der Waals surface area contributed by atoms with Crippen LogP contribution in [0.2, 0.25) is 0 Å². The van der Waals surface area contributed by atoms with Crippen molar-refractivity contribution in [3.8, 4) is 17.9 Å². The molecular weight excluding hydrogens is 410 g/mol. The second-order valence-electron chi connectivity index (χ2n) is 8.26. The monoisotopic (exact) mass is 431 g/mol. The van der Waals surface area contributed by atoms with Gasteiger partial charge in [-0.25, -0.2) is 0 Å². The molecule has 5 heteroatoms. The van der Waals surface area contributed by atoms with Crippen LogP contribution in [0, 0.1) is 28.1 Å². The van der Waals surface area contributed by atoms with E-state index in [2.05, 4.69) is 12.1 Å². The van der Waals surface area contributed by atoms with Gasteiger partial charge in [-0.2, -0.15) is 10.5 Å². The Morgan fingerprint density at radius 2 is 1.61 bits per heavy atom. The van der Waals surface area contributed by atoms with E-state index in [0.29, 0.717) is 16.9 Å². The highest BCUT2D eigenvalue weighted by atomic mass is 16.5. The van der Waals surface area contributed by atoms with E-state index in [1.54, 1.807) is 25.3 Å². The zero-order chi connectivity index (χ0) is 23.0. The van der Waals surface area contributed by atoms with Crippen molar-refractivity contribution in [3.63, 3.8) is 0 Å². The second-order valence-corrected chi connectivity index (χ2v) is 8.26. The zero-order valence-corrected chi connectivity index (χ0v) is 18.1. The molecule has 0 saturated carbocycles. The molecular formula is C28H21N3O2. The Labute approximate surface area is 192 Å². The highest BCUT2D eigenvalue weighted by Gasteiger charge is 2.63. The van der Waals surface area contributed by atoms with Crippen molar-refractivity contribution in [2.24, 2.45) is 5.41 Å². The Balaban J connectivity index is 1.82. The Hall–Kier alpha value is -4.35. The molecule has 0 bridgehead atoms. The molecule has 0 N–H and O–H groups in total. The molecule has 1 saturated heterocycles. The molecule has 5 rings (SSSR count). The lowest BCUT2D eigenvalue weighted by Gasteiger charge is -2.35. The molecule has 1 fully saturated rings. The van der Waals surface area contributed by atoms with Gasteiger partial charge in [0, 0.05) is 22.7 Å². The Bertz CT molecular complexity index is 1320. The summed E-state index contributed by atoms with van der Waals surface area (Å²) in [5.41, 5.74) is 1.52. The van der Waals surface area contributed by atoms with E-state index in [1.165, 1.54) is 0 Å². The quantitative estimate of drug-likeness (QED) is 0.545. The van der Waals surface area contributed by atoms with Gasteiger partial charge < -0.3 is 9.64 Å². The minimum atomic E-state index is -1.49. The summed E-state index contributed by atoms with van der Waals surface area (Å²) < 4.78 is 5.63. The van der Waals surface area contributed by atoms with E-state index < -0.39 is 23.4 Å². The Morgan fingerprint density at radius 3 is 2.33 bits per heavy atom. The molecule has 0 unspecified atom stereocenters. The van der Waals surface area contributed by atoms with Gasteiger partial charge in [0.1, 0.15) is 11.8 Å². The number of hydrogen-bond acceptors (Lipinski definition) is 5. The predicted molar refractivity (Wildman–Crippen MR) is 126 cm³/mol. The summed E-state index contributed by atoms with van der Waals surface area (Å²) in [6, 6.07) is 27.5. The van der Waals surface area contributed by atoms with Gasteiger partial charge in [-0.3, -0.25) is 4.79 Å². The zero-order valence-electron chi connectivity index (χ0n) is 18.1. The average molecular weight is 431 g/mol. The number of ether oxygens (including phenoxy) is 1. The lowest BCUT2D eigenvalue weighted by Crippen LogP contribution is -2.44. The van der Waals surface area contributed by atoms with Crippen LogP contribution in [0.15, 0.2) is 84.9 Å². The van der Waals surface area contributed by atoms with Crippen LogP contribution in [0.4, 0.5) is 5.69 Å². The van der Waals surface area contributed by atoms with E-state index >= 15 is 0 Å². The average Bonchev–Trinajstić information content (AvgIpc) is 3.19. The summed E-state index contributed by atoms with van der Waals surface area (Å²) >= 11 is 0. The van der Waals surface area contributed by atoms with E-state index in [1.807, 2.05) is 77.7 Å². The van der Waals surface area contributed by atoms with Gasteiger partial charge in [0.15, 0.2) is 11.2 Å². The number of rotatable bonds is 4. The number of hydrogen-bond donors (Lipinski definition) is 0. The SMILES string of the molecule is COc1ccccc1[C@H]1[C@H](C(=O)c2ccccc2)N2c3ccccc3C=C[C@@H]2C1(C#N)C#N. The van der Waals surface area contributed by atoms with Crippen molar-refractivity contribution in [2.45, 2.75) is 18.0 Å². The van der Waals surface area contributed by atoms with Crippen LogP contribution in [0.3, 0.4) is 0 Å². The molecule has 0 spiro atoms. The first-order valence-electron chi connectivity index (χ1n) is 10.8. The van der Waals surface area contributed by atoms with Crippen molar-refractivity contribution in [1.82, 2.24) is 0 Å². The first kappa shape index (κ1) is 20.5. The first-order valence-corrected chi connectivity index (χ1v) is 10.8. The van der Waals surface area contributed by atoms with Crippen LogP contribution < -0.4 is 9.64 Å². The minimum absolute atomic E-state index is 0.131. The number of anilines is 1. The highest BCUT2D eigenvalue weighted by molar-refractivity contribution is 6.04. The molecule has 160 valence electrons. The molecule has 0 amide bonds. The van der Waals surface area contributed by atoms with Crippen LogP contribution in [0.25, 0.3) is 6.08 Å². The number of ketones is 1. The van der Waals surface area contributed by atoms with Crippen molar-refractivity contribution >= 4 is 17.5 Å². The van der Waals surface area contributed by atoms with E-state index in [4.69, 9.17) is 4.74 Å². The number of carbonyl (C=O) groups excluding carboxylic acids is 1. The third-order valence-electron chi connectivity index (χ3n) is 6.72. The molecule has 3 atom stereocenters. The third-order valence-corrected chi connectivity index (χ3v) is 6.72. The third kappa shape index (κ3) is 2.94. The maximum absolute atomic E-state index is 14.1. The molecule has 5 nitrogen and oxygen atoms in total. The van der Waals surface area contributed by atoms with Crippen molar-refractivity contribution in [1.29, 1.82) is 10.5 Å². The van der Waals surface area contributed by atoms with Gasteiger partial charge >= 0.3 is 0 Å². The number of fused-ring (bicyclic) bond motifs is 3. The molecule has 3 aromatic carbocycles. The largest absolute Gasteiger partial charge is 0.496 e. The molecule has 0 aliphatic carbocycles.